The number of rotatable bonds is 10. The second kappa shape index (κ2) is 12.8. The largest absolute Gasteiger partial charge is 0.492 e. The Morgan fingerprint density at radius 3 is 2.83 bits per heavy atom. The number of nitrogens with one attached hydrogen (secondary N) is 3. The molecule has 206 valence electrons. The molecule has 1 aliphatic heterocycles. The number of ether oxygens (including phenoxy) is 2. The highest BCUT2D eigenvalue weighted by Gasteiger charge is 2.15. The molecule has 1 fully saturated rings. The Morgan fingerprint density at radius 1 is 1.15 bits per heavy atom. The van der Waals surface area contributed by atoms with Crippen molar-refractivity contribution in [1.29, 1.82) is 0 Å². The van der Waals surface area contributed by atoms with Crippen molar-refractivity contribution in [3.05, 3.63) is 89.5 Å². The fourth-order valence-corrected chi connectivity index (χ4v) is 4.67. The molecular formula is C30H29ClFN5O3. The average molecular weight is 562 g/mol. The van der Waals surface area contributed by atoms with Crippen LogP contribution in [0.25, 0.3) is 10.9 Å². The Balaban J connectivity index is 1.35. The zero-order chi connectivity index (χ0) is 27.9. The number of halogens is 2. The van der Waals surface area contributed by atoms with E-state index < -0.39 is 0 Å². The van der Waals surface area contributed by atoms with Crippen molar-refractivity contribution >= 4 is 45.6 Å². The second-order valence-corrected chi connectivity index (χ2v) is 9.67. The van der Waals surface area contributed by atoms with Crippen molar-refractivity contribution in [3.63, 3.8) is 0 Å². The van der Waals surface area contributed by atoms with Gasteiger partial charge in [0.05, 0.1) is 22.8 Å². The van der Waals surface area contributed by atoms with Gasteiger partial charge in [0.25, 0.3) is 0 Å². The van der Waals surface area contributed by atoms with Crippen LogP contribution in [0.3, 0.4) is 0 Å². The molecule has 5 rings (SSSR count). The van der Waals surface area contributed by atoms with Crippen LogP contribution in [0.2, 0.25) is 5.02 Å². The molecule has 8 nitrogen and oxygen atoms in total. The summed E-state index contributed by atoms with van der Waals surface area (Å²) in [4.78, 5) is 21.5. The third kappa shape index (κ3) is 6.86. The monoisotopic (exact) mass is 561 g/mol. The van der Waals surface area contributed by atoms with E-state index in [1.54, 1.807) is 48.5 Å². The molecule has 0 saturated carbocycles. The Morgan fingerprint density at radius 2 is 2.05 bits per heavy atom. The fraction of sp³-hybridized carbons (Fsp3) is 0.233. The van der Waals surface area contributed by atoms with Crippen LogP contribution in [0.1, 0.15) is 25.3 Å². The van der Waals surface area contributed by atoms with Gasteiger partial charge in [-0.3, -0.25) is 4.79 Å². The van der Waals surface area contributed by atoms with Gasteiger partial charge in [-0.05, 0) is 68.3 Å². The van der Waals surface area contributed by atoms with Crippen molar-refractivity contribution in [2.24, 2.45) is 0 Å². The maximum atomic E-state index is 13.5. The highest BCUT2D eigenvalue weighted by Crippen LogP contribution is 2.35. The highest BCUT2D eigenvalue weighted by atomic mass is 35.5. The summed E-state index contributed by atoms with van der Waals surface area (Å²) >= 11 is 6.48. The standard InChI is InChI=1S/C30H29ClFN5O3/c1-2-39-28-16-25-23(15-26(28)37-29(38)11-9-21-7-4-12-33-21)30(35-18-34-25)36-22-8-10-27(24(31)14-22)40-17-19-5-3-6-20(32)13-19/h3,5-6,8-11,13-16,18,21,33H,2,4,7,12,17H2,1H3,(H,37,38)(H,34,35,36)/t21-/m0/s1. The Hall–Kier alpha value is -4.21. The maximum Gasteiger partial charge on any atom is 0.248 e. The molecule has 1 aromatic heterocycles. The molecule has 3 aromatic carbocycles. The summed E-state index contributed by atoms with van der Waals surface area (Å²) in [5.41, 5.74) is 2.53. The number of nitrogens with zero attached hydrogens (tertiary/aromatic N) is 2. The molecule has 0 radical (unpaired) electrons. The normalized spacial score (nSPS) is 14.9. The molecule has 2 heterocycles. The van der Waals surface area contributed by atoms with Crippen LogP contribution in [0.4, 0.5) is 21.6 Å². The second-order valence-electron chi connectivity index (χ2n) is 9.26. The summed E-state index contributed by atoms with van der Waals surface area (Å²) < 4.78 is 25.0. The zero-order valence-electron chi connectivity index (χ0n) is 21.9. The first-order valence-electron chi connectivity index (χ1n) is 13.1. The number of amides is 1. The smallest absolute Gasteiger partial charge is 0.248 e. The average Bonchev–Trinajstić information content (AvgIpc) is 3.46. The lowest BCUT2D eigenvalue weighted by Gasteiger charge is -2.15. The van der Waals surface area contributed by atoms with Crippen LogP contribution >= 0.6 is 11.6 Å². The van der Waals surface area contributed by atoms with Crippen LogP contribution < -0.4 is 25.4 Å². The van der Waals surface area contributed by atoms with Gasteiger partial charge < -0.3 is 25.4 Å². The quantitative estimate of drug-likeness (QED) is 0.193. The van der Waals surface area contributed by atoms with Crippen LogP contribution in [0.15, 0.2) is 73.1 Å². The van der Waals surface area contributed by atoms with Gasteiger partial charge in [0.15, 0.2) is 0 Å². The molecular weight excluding hydrogens is 533 g/mol. The summed E-state index contributed by atoms with van der Waals surface area (Å²) in [6, 6.07) is 15.3. The molecule has 1 saturated heterocycles. The fourth-order valence-electron chi connectivity index (χ4n) is 4.43. The molecule has 0 spiro atoms. The SMILES string of the molecule is CCOc1cc2ncnc(Nc3ccc(OCc4cccc(F)c4)c(Cl)c3)c2cc1NC(=O)C=C[C@@H]1CCCN1. The Bertz CT molecular complexity index is 1540. The van der Waals surface area contributed by atoms with Crippen molar-refractivity contribution < 1.29 is 18.7 Å². The van der Waals surface area contributed by atoms with Crippen LogP contribution in [-0.2, 0) is 11.4 Å². The predicted octanol–water partition coefficient (Wildman–Crippen LogP) is 6.39. The van der Waals surface area contributed by atoms with E-state index in [0.29, 0.717) is 56.8 Å². The molecule has 10 heteroatoms. The van der Waals surface area contributed by atoms with Crippen LogP contribution in [0.5, 0.6) is 11.5 Å². The minimum Gasteiger partial charge on any atom is -0.492 e. The highest BCUT2D eigenvalue weighted by molar-refractivity contribution is 6.32. The van der Waals surface area contributed by atoms with Crippen molar-refractivity contribution in [2.45, 2.75) is 32.4 Å². The number of carbonyl (C=O) groups is 1. The van der Waals surface area contributed by atoms with Gasteiger partial charge in [-0.1, -0.05) is 29.8 Å². The summed E-state index contributed by atoms with van der Waals surface area (Å²) in [7, 11) is 0. The van der Waals surface area contributed by atoms with Gasteiger partial charge in [0, 0.05) is 29.3 Å². The van der Waals surface area contributed by atoms with Gasteiger partial charge in [-0.25, -0.2) is 14.4 Å². The number of benzene rings is 3. The van der Waals surface area contributed by atoms with E-state index in [-0.39, 0.29) is 24.4 Å². The predicted molar refractivity (Wildman–Crippen MR) is 155 cm³/mol. The van der Waals surface area contributed by atoms with E-state index in [4.69, 9.17) is 21.1 Å². The summed E-state index contributed by atoms with van der Waals surface area (Å²) in [6.07, 6.45) is 6.99. The number of anilines is 3. The van der Waals surface area contributed by atoms with E-state index in [1.165, 1.54) is 18.5 Å². The number of hydrogen-bond acceptors (Lipinski definition) is 7. The summed E-state index contributed by atoms with van der Waals surface area (Å²) in [6.45, 7) is 3.45. The van der Waals surface area contributed by atoms with Crippen molar-refractivity contribution in [1.82, 2.24) is 15.3 Å². The molecule has 3 N–H and O–H groups in total. The van der Waals surface area contributed by atoms with Crippen molar-refractivity contribution in [3.8, 4) is 11.5 Å². The van der Waals surface area contributed by atoms with Gasteiger partial charge >= 0.3 is 0 Å². The maximum absolute atomic E-state index is 13.5. The minimum atomic E-state index is -0.322. The lowest BCUT2D eigenvalue weighted by Crippen LogP contribution is -2.19. The van der Waals surface area contributed by atoms with Gasteiger partial charge in [0.1, 0.15) is 36.1 Å². The molecule has 40 heavy (non-hydrogen) atoms. The summed E-state index contributed by atoms with van der Waals surface area (Å²) in [5.74, 6) is 0.942. The zero-order valence-corrected chi connectivity index (χ0v) is 22.7. The van der Waals surface area contributed by atoms with Gasteiger partial charge in [0.2, 0.25) is 5.91 Å². The number of hydrogen-bond donors (Lipinski definition) is 3. The first kappa shape index (κ1) is 27.4. The van der Waals surface area contributed by atoms with E-state index in [0.717, 1.165) is 19.4 Å². The first-order chi connectivity index (χ1) is 19.5. The van der Waals surface area contributed by atoms with E-state index in [9.17, 15) is 9.18 Å². The van der Waals surface area contributed by atoms with E-state index in [2.05, 4.69) is 25.9 Å². The molecule has 1 atom stereocenters. The Labute approximate surface area is 236 Å². The van der Waals surface area contributed by atoms with Gasteiger partial charge in [-0.2, -0.15) is 0 Å². The topological polar surface area (TPSA) is 97.4 Å². The van der Waals surface area contributed by atoms with Crippen LogP contribution in [-0.4, -0.2) is 35.1 Å². The number of carbonyl (C=O) groups excluding carboxylic acids is 1. The molecule has 4 aromatic rings. The van der Waals surface area contributed by atoms with Gasteiger partial charge in [-0.15, -0.1) is 0 Å². The van der Waals surface area contributed by atoms with Crippen LogP contribution in [0, 0.1) is 5.82 Å². The molecule has 0 aliphatic carbocycles. The van der Waals surface area contributed by atoms with E-state index >= 15 is 0 Å². The molecule has 0 bridgehead atoms. The number of fused-ring (bicyclic) bond motifs is 1. The third-order valence-corrected chi connectivity index (χ3v) is 6.65. The number of aromatic nitrogens is 2. The molecule has 1 aliphatic rings. The van der Waals surface area contributed by atoms with E-state index in [1.807, 2.05) is 13.0 Å². The molecule has 0 unspecified atom stereocenters. The van der Waals surface area contributed by atoms with Crippen molar-refractivity contribution in [2.75, 3.05) is 23.8 Å². The summed E-state index contributed by atoms with van der Waals surface area (Å²) in [5, 5.41) is 10.6. The lowest BCUT2D eigenvalue weighted by atomic mass is 10.1. The molecule has 1 amide bonds. The first-order valence-corrected chi connectivity index (χ1v) is 13.4. The minimum absolute atomic E-state index is 0.184. The Kier molecular flexibility index (Phi) is 8.73. The lowest BCUT2D eigenvalue weighted by molar-refractivity contribution is -0.111. The third-order valence-electron chi connectivity index (χ3n) is 6.35.